The monoisotopic (exact) mass is 226 g/mol. The number of piperidine rings is 1. The van der Waals surface area contributed by atoms with E-state index in [-0.39, 0.29) is 6.29 Å². The van der Waals surface area contributed by atoms with Crippen molar-refractivity contribution in [2.24, 2.45) is 0 Å². The number of likely N-dealkylation sites (tertiary alicyclic amines) is 2. The van der Waals surface area contributed by atoms with Crippen LogP contribution in [0, 0.1) is 0 Å². The van der Waals surface area contributed by atoms with E-state index < -0.39 is 0 Å². The summed E-state index contributed by atoms with van der Waals surface area (Å²) in [7, 11) is 3.96. The summed E-state index contributed by atoms with van der Waals surface area (Å²) < 4.78 is 10.8. The summed E-state index contributed by atoms with van der Waals surface area (Å²) in [6.07, 6.45) is 4.36. The highest BCUT2D eigenvalue weighted by atomic mass is 16.8. The second kappa shape index (κ2) is 4.26. The standard InChI is InChI=1S/C12H22N2O2/c1-13-6-3-9(4-7-13)14-8-5-10(14)11-12(15-2)16-11/h9-12H,3-8H2,1-2H3. The molecule has 4 heteroatoms. The molecule has 0 spiro atoms. The Balaban J connectivity index is 1.52. The molecule has 92 valence electrons. The minimum Gasteiger partial charge on any atom is -0.353 e. The van der Waals surface area contributed by atoms with E-state index in [0.717, 1.165) is 6.04 Å². The first kappa shape index (κ1) is 11.0. The Morgan fingerprint density at radius 1 is 1.12 bits per heavy atom. The van der Waals surface area contributed by atoms with Gasteiger partial charge in [0.05, 0.1) is 0 Å². The predicted molar refractivity (Wildman–Crippen MR) is 61.3 cm³/mol. The molecule has 0 aromatic heterocycles. The van der Waals surface area contributed by atoms with Crippen molar-refractivity contribution >= 4 is 0 Å². The van der Waals surface area contributed by atoms with Gasteiger partial charge in [0.25, 0.3) is 0 Å². The Kier molecular flexibility index (Phi) is 2.92. The number of methoxy groups -OCH3 is 1. The molecular formula is C12H22N2O2. The summed E-state index contributed by atoms with van der Waals surface area (Å²) in [5.41, 5.74) is 0. The highest BCUT2D eigenvalue weighted by Gasteiger charge is 2.52. The zero-order chi connectivity index (χ0) is 11.1. The fourth-order valence-electron chi connectivity index (χ4n) is 3.13. The lowest BCUT2D eigenvalue weighted by Gasteiger charge is -2.48. The molecule has 16 heavy (non-hydrogen) atoms. The summed E-state index contributed by atoms with van der Waals surface area (Å²) in [5.74, 6) is 0. The van der Waals surface area contributed by atoms with Crippen LogP contribution < -0.4 is 0 Å². The Labute approximate surface area is 97.5 Å². The lowest BCUT2D eigenvalue weighted by atomic mass is 9.92. The Bertz CT molecular complexity index is 251. The van der Waals surface area contributed by atoms with E-state index in [4.69, 9.17) is 9.47 Å². The van der Waals surface area contributed by atoms with E-state index in [0.29, 0.717) is 12.1 Å². The van der Waals surface area contributed by atoms with Crippen molar-refractivity contribution in [3.8, 4) is 0 Å². The van der Waals surface area contributed by atoms with Crippen LogP contribution in [0.4, 0.5) is 0 Å². The number of ether oxygens (including phenoxy) is 2. The van der Waals surface area contributed by atoms with E-state index in [1.807, 2.05) is 0 Å². The highest BCUT2D eigenvalue weighted by Crippen LogP contribution is 2.38. The molecule has 0 radical (unpaired) electrons. The van der Waals surface area contributed by atoms with Crippen molar-refractivity contribution in [3.05, 3.63) is 0 Å². The topological polar surface area (TPSA) is 28.2 Å². The molecular weight excluding hydrogens is 204 g/mol. The van der Waals surface area contributed by atoms with Crippen LogP contribution in [-0.2, 0) is 9.47 Å². The number of epoxide rings is 1. The van der Waals surface area contributed by atoms with Crippen molar-refractivity contribution in [1.29, 1.82) is 0 Å². The van der Waals surface area contributed by atoms with Gasteiger partial charge in [0.15, 0.2) is 6.29 Å². The van der Waals surface area contributed by atoms with Crippen LogP contribution >= 0.6 is 0 Å². The van der Waals surface area contributed by atoms with E-state index >= 15 is 0 Å². The van der Waals surface area contributed by atoms with Crippen molar-refractivity contribution in [1.82, 2.24) is 9.80 Å². The van der Waals surface area contributed by atoms with Gasteiger partial charge >= 0.3 is 0 Å². The summed E-state index contributed by atoms with van der Waals surface area (Å²) in [5, 5.41) is 0. The average Bonchev–Trinajstić information content (AvgIpc) is 2.99. The van der Waals surface area contributed by atoms with Gasteiger partial charge < -0.3 is 14.4 Å². The van der Waals surface area contributed by atoms with Gasteiger partial charge in [-0.05, 0) is 39.4 Å². The van der Waals surface area contributed by atoms with Gasteiger partial charge in [-0.3, -0.25) is 4.90 Å². The van der Waals surface area contributed by atoms with Crippen LogP contribution in [0.2, 0.25) is 0 Å². The fourth-order valence-corrected chi connectivity index (χ4v) is 3.13. The van der Waals surface area contributed by atoms with Crippen LogP contribution in [0.25, 0.3) is 0 Å². The van der Waals surface area contributed by atoms with Gasteiger partial charge in [-0.25, -0.2) is 0 Å². The summed E-state index contributed by atoms with van der Waals surface area (Å²) >= 11 is 0. The minimum absolute atomic E-state index is 0.0825. The molecule has 0 aromatic rings. The molecule has 0 amide bonds. The molecule has 0 bridgehead atoms. The molecule has 3 fully saturated rings. The third-order valence-corrected chi connectivity index (χ3v) is 4.36. The third-order valence-electron chi connectivity index (χ3n) is 4.36. The molecule has 3 rings (SSSR count). The predicted octanol–water partition coefficient (Wildman–Crippen LogP) is 0.526. The average molecular weight is 226 g/mol. The molecule has 0 N–H and O–H groups in total. The van der Waals surface area contributed by atoms with Gasteiger partial charge in [-0.15, -0.1) is 0 Å². The molecule has 0 aromatic carbocycles. The number of hydrogen-bond donors (Lipinski definition) is 0. The number of rotatable bonds is 3. The van der Waals surface area contributed by atoms with Crippen LogP contribution in [0.15, 0.2) is 0 Å². The van der Waals surface area contributed by atoms with Crippen LogP contribution in [-0.4, -0.2) is 68.1 Å². The lowest BCUT2D eigenvalue weighted by molar-refractivity contribution is -0.00123. The zero-order valence-corrected chi connectivity index (χ0v) is 10.3. The van der Waals surface area contributed by atoms with Crippen molar-refractivity contribution in [3.63, 3.8) is 0 Å². The second-order valence-corrected chi connectivity index (χ2v) is 5.33. The van der Waals surface area contributed by atoms with Crippen LogP contribution in [0.1, 0.15) is 19.3 Å². The van der Waals surface area contributed by atoms with Gasteiger partial charge in [0.1, 0.15) is 6.10 Å². The van der Waals surface area contributed by atoms with Gasteiger partial charge in [0, 0.05) is 25.7 Å². The minimum atomic E-state index is 0.0825. The molecule has 0 aliphatic carbocycles. The molecule has 3 heterocycles. The summed E-state index contributed by atoms with van der Waals surface area (Å²) in [6.45, 7) is 3.75. The first-order chi connectivity index (χ1) is 7.79. The van der Waals surface area contributed by atoms with Crippen LogP contribution in [0.3, 0.4) is 0 Å². The van der Waals surface area contributed by atoms with Gasteiger partial charge in [-0.2, -0.15) is 0 Å². The van der Waals surface area contributed by atoms with Crippen LogP contribution in [0.5, 0.6) is 0 Å². The Hall–Kier alpha value is -0.160. The second-order valence-electron chi connectivity index (χ2n) is 5.33. The molecule has 3 saturated heterocycles. The van der Waals surface area contributed by atoms with Crippen molar-refractivity contribution in [2.45, 2.75) is 43.7 Å². The zero-order valence-electron chi connectivity index (χ0n) is 10.3. The maximum Gasteiger partial charge on any atom is 0.185 e. The molecule has 3 atom stereocenters. The Morgan fingerprint density at radius 2 is 1.88 bits per heavy atom. The van der Waals surface area contributed by atoms with Gasteiger partial charge in [-0.1, -0.05) is 0 Å². The lowest BCUT2D eigenvalue weighted by Crippen LogP contribution is -2.58. The first-order valence-corrected chi connectivity index (χ1v) is 6.42. The van der Waals surface area contributed by atoms with Crippen molar-refractivity contribution in [2.75, 3.05) is 33.8 Å². The number of nitrogens with zero attached hydrogens (tertiary/aromatic N) is 2. The normalized spacial score (nSPS) is 42.0. The van der Waals surface area contributed by atoms with Gasteiger partial charge in [0.2, 0.25) is 0 Å². The smallest absolute Gasteiger partial charge is 0.185 e. The highest BCUT2D eigenvalue weighted by molar-refractivity contribution is 5.00. The van der Waals surface area contributed by atoms with E-state index in [1.165, 1.54) is 38.9 Å². The van der Waals surface area contributed by atoms with Crippen molar-refractivity contribution < 1.29 is 9.47 Å². The third kappa shape index (κ3) is 1.88. The molecule has 3 aliphatic heterocycles. The van der Waals surface area contributed by atoms with E-state index in [9.17, 15) is 0 Å². The largest absolute Gasteiger partial charge is 0.353 e. The molecule has 3 aliphatic rings. The quantitative estimate of drug-likeness (QED) is 0.656. The summed E-state index contributed by atoms with van der Waals surface area (Å²) in [4.78, 5) is 5.08. The fraction of sp³-hybridized carbons (Fsp3) is 1.00. The molecule has 0 saturated carbocycles. The SMILES string of the molecule is COC1OC1C1CCN1C1CCN(C)CC1. The molecule has 4 nitrogen and oxygen atoms in total. The van der Waals surface area contributed by atoms with E-state index in [2.05, 4.69) is 16.8 Å². The first-order valence-electron chi connectivity index (χ1n) is 6.42. The van der Waals surface area contributed by atoms with E-state index in [1.54, 1.807) is 7.11 Å². The summed E-state index contributed by atoms with van der Waals surface area (Å²) in [6, 6.07) is 1.43. The Morgan fingerprint density at radius 3 is 2.38 bits per heavy atom. The molecule has 3 unspecified atom stereocenters. The number of hydrogen-bond acceptors (Lipinski definition) is 4. The maximum absolute atomic E-state index is 5.54. The maximum atomic E-state index is 5.54.